The summed E-state index contributed by atoms with van der Waals surface area (Å²) in [6.45, 7) is 3.74. The van der Waals surface area contributed by atoms with E-state index in [0.717, 1.165) is 22.7 Å². The van der Waals surface area contributed by atoms with Crippen molar-refractivity contribution in [3.8, 4) is 0 Å². The number of halogens is 3. The van der Waals surface area contributed by atoms with Crippen molar-refractivity contribution in [1.82, 2.24) is 4.98 Å². The van der Waals surface area contributed by atoms with Crippen LogP contribution in [0, 0.1) is 13.8 Å². The summed E-state index contributed by atoms with van der Waals surface area (Å²) in [6.07, 6.45) is -3.02. The summed E-state index contributed by atoms with van der Waals surface area (Å²) in [5.41, 5.74) is 1.36. The molecule has 0 aliphatic carbocycles. The second kappa shape index (κ2) is 9.11. The number of pyridine rings is 1. The highest BCUT2D eigenvalue weighted by molar-refractivity contribution is 7.16. The Labute approximate surface area is 192 Å². The van der Waals surface area contributed by atoms with E-state index in [9.17, 15) is 18.0 Å². The Bertz CT molecular complexity index is 1250. The molecule has 9 heteroatoms. The fourth-order valence-electron chi connectivity index (χ4n) is 3.40. The highest BCUT2D eigenvalue weighted by atomic mass is 32.1. The van der Waals surface area contributed by atoms with Crippen LogP contribution < -0.4 is 10.6 Å². The van der Waals surface area contributed by atoms with Gasteiger partial charge >= 0.3 is 6.18 Å². The highest BCUT2D eigenvalue weighted by Crippen LogP contribution is 2.38. The minimum absolute atomic E-state index is 0.159. The summed E-state index contributed by atoms with van der Waals surface area (Å²) in [6, 6.07) is 14.9. The van der Waals surface area contributed by atoms with Crippen molar-refractivity contribution >= 4 is 28.1 Å². The minimum atomic E-state index is -4.43. The lowest BCUT2D eigenvalue weighted by molar-refractivity contribution is -0.137. The topological polar surface area (TPSA) is 67.2 Å². The maximum atomic E-state index is 13.1. The van der Waals surface area contributed by atoms with E-state index in [-0.39, 0.29) is 5.76 Å². The van der Waals surface area contributed by atoms with Crippen LogP contribution in [0.25, 0.3) is 0 Å². The van der Waals surface area contributed by atoms with Crippen molar-refractivity contribution in [2.24, 2.45) is 0 Å². The molecule has 5 nitrogen and oxygen atoms in total. The third kappa shape index (κ3) is 5.25. The molecular weight excluding hydrogens is 451 g/mol. The molecule has 0 aliphatic rings. The summed E-state index contributed by atoms with van der Waals surface area (Å²) in [5.74, 6) is 0.307. The lowest BCUT2D eigenvalue weighted by Crippen LogP contribution is -2.17. The summed E-state index contributed by atoms with van der Waals surface area (Å²) < 4.78 is 44.5. The zero-order valence-corrected chi connectivity index (χ0v) is 18.6. The van der Waals surface area contributed by atoms with E-state index in [1.807, 2.05) is 32.0 Å². The Hall–Kier alpha value is -3.59. The number of aromatic nitrogens is 1. The summed E-state index contributed by atoms with van der Waals surface area (Å²) >= 11 is 1.37. The first-order valence-corrected chi connectivity index (χ1v) is 10.8. The second-order valence-corrected chi connectivity index (χ2v) is 8.69. The monoisotopic (exact) mass is 471 g/mol. The first kappa shape index (κ1) is 22.6. The normalized spacial score (nSPS) is 12.4. The van der Waals surface area contributed by atoms with E-state index in [1.165, 1.54) is 29.7 Å². The summed E-state index contributed by atoms with van der Waals surface area (Å²) in [7, 11) is 0. The zero-order chi connectivity index (χ0) is 23.6. The quantitative estimate of drug-likeness (QED) is 0.324. The van der Waals surface area contributed by atoms with Crippen LogP contribution in [0.5, 0.6) is 0 Å². The van der Waals surface area contributed by atoms with Gasteiger partial charge in [0, 0.05) is 16.1 Å². The number of nitrogens with one attached hydrogen (secondary N) is 2. The number of carbonyl (C=O) groups is 1. The minimum Gasteiger partial charge on any atom is -0.459 e. The lowest BCUT2D eigenvalue weighted by atomic mass is 9.98. The molecule has 1 atom stereocenters. The van der Waals surface area contributed by atoms with Crippen molar-refractivity contribution in [2.75, 3.05) is 10.6 Å². The number of alkyl halides is 3. The number of thiophene rings is 1. The molecule has 0 unspecified atom stereocenters. The van der Waals surface area contributed by atoms with Gasteiger partial charge in [-0.3, -0.25) is 4.79 Å². The number of amides is 1. The van der Waals surface area contributed by atoms with Crippen LogP contribution in [0.4, 0.5) is 24.0 Å². The van der Waals surface area contributed by atoms with Crippen molar-refractivity contribution in [3.63, 3.8) is 0 Å². The van der Waals surface area contributed by atoms with Gasteiger partial charge in [0.2, 0.25) is 0 Å². The van der Waals surface area contributed by atoms with Gasteiger partial charge in [-0.25, -0.2) is 4.98 Å². The standard InChI is InChI=1S/C24H20F3N3O2S/c1-14-5-3-7-20(28-14)29-21(16-8-10-17(11-9-16)24(25,26)27)18-13-15(2)33-23(18)30-22(31)19-6-4-12-32-19/h3-13,21H,1-2H3,(H,28,29)(H,30,31)/t21-/m0/s1. The molecular formula is C24H20F3N3O2S. The van der Waals surface area contributed by atoms with Crippen LogP contribution in [0.15, 0.2) is 71.3 Å². The number of aryl methyl sites for hydroxylation is 2. The van der Waals surface area contributed by atoms with Crippen LogP contribution in [-0.4, -0.2) is 10.9 Å². The van der Waals surface area contributed by atoms with Gasteiger partial charge < -0.3 is 15.1 Å². The highest BCUT2D eigenvalue weighted by Gasteiger charge is 2.31. The molecule has 0 bridgehead atoms. The number of hydrogen-bond donors (Lipinski definition) is 2. The van der Waals surface area contributed by atoms with Crippen LogP contribution in [0.1, 0.15) is 43.9 Å². The van der Waals surface area contributed by atoms with E-state index in [2.05, 4.69) is 15.6 Å². The van der Waals surface area contributed by atoms with Crippen molar-refractivity contribution in [1.29, 1.82) is 0 Å². The number of carbonyl (C=O) groups excluding carboxylic acids is 1. The Balaban J connectivity index is 1.74. The molecule has 33 heavy (non-hydrogen) atoms. The number of nitrogens with zero attached hydrogens (tertiary/aromatic N) is 1. The average Bonchev–Trinajstić information content (AvgIpc) is 3.42. The third-order valence-electron chi connectivity index (χ3n) is 4.92. The average molecular weight is 472 g/mol. The van der Waals surface area contributed by atoms with E-state index < -0.39 is 23.7 Å². The van der Waals surface area contributed by atoms with Crippen molar-refractivity contribution in [2.45, 2.75) is 26.1 Å². The second-order valence-electron chi connectivity index (χ2n) is 7.43. The molecule has 4 rings (SSSR count). The Kier molecular flexibility index (Phi) is 6.24. The van der Waals surface area contributed by atoms with Gasteiger partial charge in [-0.05, 0) is 61.9 Å². The molecule has 0 saturated carbocycles. The van der Waals surface area contributed by atoms with E-state index in [0.29, 0.717) is 21.9 Å². The molecule has 4 aromatic rings. The predicted octanol–water partition coefficient (Wildman–Crippen LogP) is 6.83. The molecule has 0 aliphatic heterocycles. The third-order valence-corrected chi connectivity index (χ3v) is 5.90. The molecule has 1 amide bonds. The van der Waals surface area contributed by atoms with Crippen molar-refractivity contribution in [3.05, 3.63) is 99.9 Å². The number of benzene rings is 1. The fourth-order valence-corrected chi connectivity index (χ4v) is 4.34. The van der Waals surface area contributed by atoms with Crippen molar-refractivity contribution < 1.29 is 22.4 Å². The number of rotatable bonds is 6. The van der Waals surface area contributed by atoms with Crippen LogP contribution in [0.3, 0.4) is 0 Å². The largest absolute Gasteiger partial charge is 0.459 e. The Morgan fingerprint density at radius 2 is 1.82 bits per heavy atom. The first-order valence-electron chi connectivity index (χ1n) is 10.0. The smallest absolute Gasteiger partial charge is 0.416 e. The van der Waals surface area contributed by atoms with E-state index >= 15 is 0 Å². The molecule has 3 aromatic heterocycles. The number of anilines is 2. The zero-order valence-electron chi connectivity index (χ0n) is 17.7. The van der Waals surface area contributed by atoms with Crippen LogP contribution in [-0.2, 0) is 6.18 Å². The maximum absolute atomic E-state index is 13.1. The summed E-state index contributed by atoms with van der Waals surface area (Å²) in [5, 5.41) is 6.74. The van der Waals surface area contributed by atoms with Crippen LogP contribution in [0.2, 0.25) is 0 Å². The maximum Gasteiger partial charge on any atom is 0.416 e. The predicted molar refractivity (Wildman–Crippen MR) is 122 cm³/mol. The molecule has 0 saturated heterocycles. The van der Waals surface area contributed by atoms with Gasteiger partial charge in [0.05, 0.1) is 17.9 Å². The van der Waals surface area contributed by atoms with Gasteiger partial charge in [0.1, 0.15) is 10.8 Å². The first-order chi connectivity index (χ1) is 15.7. The molecule has 3 heterocycles. The molecule has 170 valence electrons. The van der Waals surface area contributed by atoms with Gasteiger partial charge in [-0.15, -0.1) is 11.3 Å². The molecule has 2 N–H and O–H groups in total. The van der Waals surface area contributed by atoms with Crippen LogP contribution >= 0.6 is 11.3 Å². The van der Waals surface area contributed by atoms with Gasteiger partial charge in [-0.2, -0.15) is 13.2 Å². The van der Waals surface area contributed by atoms with E-state index in [4.69, 9.17) is 4.42 Å². The van der Waals surface area contributed by atoms with Gasteiger partial charge in [0.25, 0.3) is 5.91 Å². The SMILES string of the molecule is Cc1cccc(N[C@@H](c2ccc(C(F)(F)F)cc2)c2cc(C)sc2NC(=O)c2ccco2)n1. The Morgan fingerprint density at radius 3 is 2.45 bits per heavy atom. The number of furan rings is 1. The molecule has 0 fully saturated rings. The molecule has 0 radical (unpaired) electrons. The van der Waals surface area contributed by atoms with E-state index in [1.54, 1.807) is 18.2 Å². The lowest BCUT2D eigenvalue weighted by Gasteiger charge is -2.22. The Morgan fingerprint density at radius 1 is 1.06 bits per heavy atom. The molecule has 1 aromatic carbocycles. The molecule has 0 spiro atoms. The number of hydrogen-bond acceptors (Lipinski definition) is 5. The van der Waals surface area contributed by atoms with Gasteiger partial charge in [-0.1, -0.05) is 18.2 Å². The van der Waals surface area contributed by atoms with Gasteiger partial charge in [0.15, 0.2) is 5.76 Å². The fraction of sp³-hybridized carbons (Fsp3) is 0.167. The summed E-state index contributed by atoms with van der Waals surface area (Å²) in [4.78, 5) is 18.0.